The number of ether oxygens (including phenoxy) is 4. The summed E-state index contributed by atoms with van der Waals surface area (Å²) in [6.07, 6.45) is 3.26. The highest BCUT2D eigenvalue weighted by Crippen LogP contribution is 2.35. The molecular weight excluding hydrogens is 715 g/mol. The van der Waals surface area contributed by atoms with Crippen molar-refractivity contribution in [3.8, 4) is 0 Å². The summed E-state index contributed by atoms with van der Waals surface area (Å²) in [5.41, 5.74) is 0.876. The molecule has 284 valence electrons. The van der Waals surface area contributed by atoms with E-state index in [1.54, 1.807) is 18.2 Å². The summed E-state index contributed by atoms with van der Waals surface area (Å²) >= 11 is 1.89. The zero-order valence-electron chi connectivity index (χ0n) is 30.1. The number of esters is 1. The second kappa shape index (κ2) is 21.6. The Morgan fingerprint density at radius 1 is 0.792 bits per heavy atom. The fraction of sp³-hybridized carbons (Fsp3) is 0.436. The smallest absolute Gasteiger partial charge is 0.338 e. The Morgan fingerprint density at radius 3 is 2.06 bits per heavy atom. The van der Waals surface area contributed by atoms with Crippen LogP contribution in [0.2, 0.25) is 0 Å². The molecule has 0 aromatic heterocycles. The van der Waals surface area contributed by atoms with Gasteiger partial charge in [-0.2, -0.15) is 11.8 Å². The zero-order valence-corrected chi connectivity index (χ0v) is 31.8. The second-order valence-electron chi connectivity index (χ2n) is 12.5. The Balaban J connectivity index is 0.916. The molecule has 2 aliphatic rings. The van der Waals surface area contributed by atoms with Crippen molar-refractivity contribution in [1.82, 2.24) is 21.3 Å². The highest BCUT2D eigenvalue weighted by atomic mass is 32.2. The van der Waals surface area contributed by atoms with E-state index in [9.17, 15) is 19.2 Å². The Bertz CT molecular complexity index is 1600. The topological polar surface area (TPSA) is 153 Å². The molecule has 4 N–H and O–H groups in total. The van der Waals surface area contributed by atoms with Gasteiger partial charge in [-0.3, -0.25) is 9.59 Å². The lowest BCUT2D eigenvalue weighted by Gasteiger charge is -2.22. The van der Waals surface area contributed by atoms with E-state index in [0.29, 0.717) is 75.5 Å². The van der Waals surface area contributed by atoms with Crippen molar-refractivity contribution in [2.45, 2.75) is 43.0 Å². The van der Waals surface area contributed by atoms with Crippen molar-refractivity contribution < 1.29 is 38.1 Å². The SMILES string of the molecule is COC(=O)c1ccc(C(=O)NCCOCCOCCOCCNC(=O)CCCC[C@@H]2SC[C@H]3NC(=O)N[C@@H]23)cc1P(c1ccccc1)c1ccccc1. The van der Waals surface area contributed by atoms with Gasteiger partial charge in [0.25, 0.3) is 5.91 Å². The van der Waals surface area contributed by atoms with Gasteiger partial charge in [0.2, 0.25) is 5.91 Å². The number of benzene rings is 3. The van der Waals surface area contributed by atoms with E-state index in [-0.39, 0.29) is 29.9 Å². The Morgan fingerprint density at radius 2 is 1.42 bits per heavy atom. The van der Waals surface area contributed by atoms with E-state index >= 15 is 0 Å². The van der Waals surface area contributed by atoms with Gasteiger partial charge in [0, 0.05) is 41.4 Å². The van der Waals surface area contributed by atoms with Crippen LogP contribution in [0, 0.1) is 0 Å². The summed E-state index contributed by atoms with van der Waals surface area (Å²) in [5, 5.41) is 15.0. The zero-order chi connectivity index (χ0) is 37.3. The lowest BCUT2D eigenvalue weighted by atomic mass is 10.0. The van der Waals surface area contributed by atoms with Crippen molar-refractivity contribution in [3.05, 3.63) is 90.0 Å². The van der Waals surface area contributed by atoms with Crippen LogP contribution in [0.1, 0.15) is 46.4 Å². The highest BCUT2D eigenvalue weighted by Gasteiger charge is 2.42. The minimum absolute atomic E-state index is 0.0210. The standard InChI is InChI=1S/C39H49N4O8PS/c1-48-38(46)31-17-16-28(26-33(31)52(29-10-4-2-5-11-29)30-12-6-3-7-13-30)37(45)41-19-21-50-23-25-51-24-22-49-20-18-40-35(44)15-9-8-14-34-36-32(27-53-34)42-39(47)43-36/h2-7,10-13,16-17,26,32,34,36H,8-9,14-15,18-25,27H2,1H3,(H,40,44)(H,41,45)(H2,42,43,47)/t32-,34+,36-/m1/s1. The average Bonchev–Trinajstić information content (AvgIpc) is 3.74. The van der Waals surface area contributed by atoms with E-state index in [1.807, 2.05) is 72.4 Å². The molecule has 0 aliphatic carbocycles. The van der Waals surface area contributed by atoms with Gasteiger partial charge in [-0.15, -0.1) is 0 Å². The molecule has 4 amide bonds. The molecule has 2 saturated heterocycles. The van der Waals surface area contributed by atoms with Crippen LogP contribution < -0.4 is 37.2 Å². The van der Waals surface area contributed by atoms with Crippen molar-refractivity contribution in [2.75, 3.05) is 65.6 Å². The number of rotatable bonds is 22. The van der Waals surface area contributed by atoms with E-state index in [4.69, 9.17) is 18.9 Å². The minimum Gasteiger partial charge on any atom is -0.465 e. The first kappa shape index (κ1) is 40.2. The fourth-order valence-corrected chi connectivity index (χ4v) is 10.2. The molecule has 0 radical (unpaired) electrons. The molecule has 2 aliphatic heterocycles. The summed E-state index contributed by atoms with van der Waals surface area (Å²) in [4.78, 5) is 49.6. The predicted octanol–water partition coefficient (Wildman–Crippen LogP) is 2.85. The van der Waals surface area contributed by atoms with Crippen molar-refractivity contribution >= 4 is 59.4 Å². The number of hydrogen-bond acceptors (Lipinski definition) is 9. The quantitative estimate of drug-likeness (QED) is 0.0524. The number of unbranched alkanes of at least 4 members (excludes halogenated alkanes) is 1. The lowest BCUT2D eigenvalue weighted by molar-refractivity contribution is -0.121. The molecule has 12 nitrogen and oxygen atoms in total. The van der Waals surface area contributed by atoms with Crippen LogP contribution in [0.3, 0.4) is 0 Å². The Hall–Kier alpha value is -4.00. The molecule has 0 spiro atoms. The number of urea groups is 1. The van der Waals surface area contributed by atoms with Crippen LogP contribution in [0.5, 0.6) is 0 Å². The maximum absolute atomic E-state index is 13.2. The number of fused-ring (bicyclic) bond motifs is 1. The summed E-state index contributed by atoms with van der Waals surface area (Å²) in [7, 11) is 0.216. The number of nitrogens with one attached hydrogen (secondary N) is 4. The van der Waals surface area contributed by atoms with E-state index in [2.05, 4.69) is 21.3 Å². The van der Waals surface area contributed by atoms with E-state index in [1.165, 1.54) is 7.11 Å². The molecule has 2 heterocycles. The van der Waals surface area contributed by atoms with Gasteiger partial charge in [-0.1, -0.05) is 67.1 Å². The summed E-state index contributed by atoms with van der Waals surface area (Å²) in [5.74, 6) is 0.256. The van der Waals surface area contributed by atoms with Crippen molar-refractivity contribution in [2.24, 2.45) is 0 Å². The summed E-state index contributed by atoms with van der Waals surface area (Å²) < 4.78 is 21.8. The number of thioether (sulfide) groups is 1. The van der Waals surface area contributed by atoms with Gasteiger partial charge in [-0.05, 0) is 49.6 Å². The first-order valence-electron chi connectivity index (χ1n) is 18.0. The second-order valence-corrected chi connectivity index (χ2v) is 16.0. The Labute approximate surface area is 316 Å². The molecule has 14 heteroatoms. The normalized spacial score (nSPS) is 17.5. The molecule has 0 unspecified atom stereocenters. The lowest BCUT2D eigenvalue weighted by Crippen LogP contribution is -2.36. The van der Waals surface area contributed by atoms with E-state index < -0.39 is 13.9 Å². The fourth-order valence-electron chi connectivity index (χ4n) is 6.23. The Kier molecular flexibility index (Phi) is 16.4. The van der Waals surface area contributed by atoms with Gasteiger partial charge >= 0.3 is 12.0 Å². The monoisotopic (exact) mass is 764 g/mol. The molecule has 3 aromatic carbocycles. The maximum atomic E-state index is 13.2. The summed E-state index contributed by atoms with van der Waals surface area (Å²) in [6, 6.07) is 25.4. The van der Waals surface area contributed by atoms with Crippen molar-refractivity contribution in [3.63, 3.8) is 0 Å². The predicted molar refractivity (Wildman–Crippen MR) is 208 cm³/mol. The molecule has 2 fully saturated rings. The summed E-state index contributed by atoms with van der Waals surface area (Å²) in [6.45, 7) is 3.06. The molecule has 3 atom stereocenters. The van der Waals surface area contributed by atoms with Gasteiger partial charge < -0.3 is 40.2 Å². The van der Waals surface area contributed by atoms with Gasteiger partial charge in [0.05, 0.1) is 64.4 Å². The highest BCUT2D eigenvalue weighted by molar-refractivity contribution is 8.00. The van der Waals surface area contributed by atoms with E-state index in [0.717, 1.165) is 40.9 Å². The molecule has 53 heavy (non-hydrogen) atoms. The van der Waals surface area contributed by atoms with Crippen LogP contribution in [0.4, 0.5) is 4.79 Å². The third kappa shape index (κ3) is 12.3. The number of carbonyl (C=O) groups is 4. The van der Waals surface area contributed by atoms with Crippen LogP contribution in [-0.4, -0.2) is 107 Å². The molecular formula is C39H49N4O8PS. The third-order valence-corrected chi connectivity index (χ3v) is 12.8. The third-order valence-electron chi connectivity index (χ3n) is 8.86. The van der Waals surface area contributed by atoms with Crippen LogP contribution >= 0.6 is 19.7 Å². The molecule has 3 aromatic rings. The van der Waals surface area contributed by atoms with Crippen LogP contribution in [0.25, 0.3) is 0 Å². The average molecular weight is 765 g/mol. The number of hydrogen-bond donors (Lipinski definition) is 4. The molecule has 0 bridgehead atoms. The number of carbonyl (C=O) groups excluding carboxylic acids is 4. The van der Waals surface area contributed by atoms with Gasteiger partial charge in [-0.25, -0.2) is 9.59 Å². The first-order chi connectivity index (χ1) is 25.9. The van der Waals surface area contributed by atoms with Gasteiger partial charge in [0.1, 0.15) is 0 Å². The van der Waals surface area contributed by atoms with Crippen LogP contribution in [-0.2, 0) is 23.7 Å². The maximum Gasteiger partial charge on any atom is 0.338 e. The largest absolute Gasteiger partial charge is 0.465 e. The first-order valence-corrected chi connectivity index (χ1v) is 20.4. The number of methoxy groups -OCH3 is 1. The van der Waals surface area contributed by atoms with Gasteiger partial charge in [0.15, 0.2) is 0 Å². The number of amides is 4. The van der Waals surface area contributed by atoms with Crippen molar-refractivity contribution in [1.29, 1.82) is 0 Å². The molecule has 0 saturated carbocycles. The molecule has 5 rings (SSSR count). The minimum atomic E-state index is -1.14. The van der Waals surface area contributed by atoms with Crippen LogP contribution in [0.15, 0.2) is 78.9 Å².